The van der Waals surface area contributed by atoms with Gasteiger partial charge >= 0.3 is 0 Å². The molecular weight excluding hydrogens is 300 g/mol. The van der Waals surface area contributed by atoms with Crippen LogP contribution in [0.5, 0.6) is 5.75 Å². The summed E-state index contributed by atoms with van der Waals surface area (Å²) in [5.41, 5.74) is 1.46. The normalized spacial score (nSPS) is 9.86. The number of carbonyl (C=O) groups excluding carboxylic acids is 1. The number of anilines is 2. The summed E-state index contributed by atoms with van der Waals surface area (Å²) in [5, 5.41) is 6.50. The number of hydrogen-bond donors (Lipinski definition) is 2. The van der Waals surface area contributed by atoms with Crippen LogP contribution >= 0.6 is 11.6 Å². The molecule has 0 unspecified atom stereocenters. The van der Waals surface area contributed by atoms with E-state index in [1.54, 1.807) is 30.3 Å². The number of nitrogens with one attached hydrogen (secondary N) is 2. The van der Waals surface area contributed by atoms with Gasteiger partial charge in [-0.1, -0.05) is 36.4 Å². The molecule has 114 valence electrons. The van der Waals surface area contributed by atoms with Gasteiger partial charge in [0.15, 0.2) is 0 Å². The molecule has 0 saturated heterocycles. The molecule has 2 rings (SSSR count). The molecule has 2 aromatic rings. The molecule has 2 aromatic carbocycles. The predicted octanol–water partition coefficient (Wildman–Crippen LogP) is 3.96. The lowest BCUT2D eigenvalue weighted by Crippen LogP contribution is -2.22. The summed E-state index contributed by atoms with van der Waals surface area (Å²) >= 11 is 5.81. The summed E-state index contributed by atoms with van der Waals surface area (Å²) in [6, 6.07) is 14.4. The third-order valence-electron chi connectivity index (χ3n) is 2.82. The van der Waals surface area contributed by atoms with Gasteiger partial charge in [-0.2, -0.15) is 0 Å². The Kier molecular flexibility index (Phi) is 5.86. The van der Waals surface area contributed by atoms with E-state index in [-0.39, 0.29) is 12.5 Å². The number of rotatable bonds is 7. The lowest BCUT2D eigenvalue weighted by molar-refractivity contribution is -0.114. The molecule has 0 aliphatic heterocycles. The molecule has 5 heteroatoms. The highest BCUT2D eigenvalue weighted by molar-refractivity contribution is 6.30. The first kappa shape index (κ1) is 15.9. The largest absolute Gasteiger partial charge is 0.487 e. The van der Waals surface area contributed by atoms with E-state index < -0.39 is 0 Å². The number of halogens is 1. The van der Waals surface area contributed by atoms with Crippen molar-refractivity contribution < 1.29 is 9.53 Å². The highest BCUT2D eigenvalue weighted by atomic mass is 35.5. The molecule has 0 radical (unpaired) electrons. The Hall–Kier alpha value is -2.46. The number of hydrogen-bond acceptors (Lipinski definition) is 3. The third-order valence-corrected chi connectivity index (χ3v) is 3.07. The molecule has 1 amide bonds. The maximum absolute atomic E-state index is 12.0. The van der Waals surface area contributed by atoms with Crippen molar-refractivity contribution in [1.82, 2.24) is 0 Å². The maximum atomic E-state index is 12.0. The van der Waals surface area contributed by atoms with Gasteiger partial charge in [0.1, 0.15) is 12.4 Å². The molecule has 0 aliphatic carbocycles. The van der Waals surface area contributed by atoms with E-state index in [0.29, 0.717) is 23.1 Å². The number of carbonyl (C=O) groups is 1. The highest BCUT2D eigenvalue weighted by Crippen LogP contribution is 2.23. The lowest BCUT2D eigenvalue weighted by atomic mass is 10.3. The van der Waals surface area contributed by atoms with Gasteiger partial charge in [0.25, 0.3) is 0 Å². The van der Waals surface area contributed by atoms with Crippen LogP contribution in [0.1, 0.15) is 0 Å². The Morgan fingerprint density at radius 1 is 1.18 bits per heavy atom. The molecule has 0 saturated carbocycles. The number of benzene rings is 2. The Labute approximate surface area is 134 Å². The average molecular weight is 317 g/mol. The van der Waals surface area contributed by atoms with Crippen LogP contribution < -0.4 is 15.4 Å². The molecule has 0 atom stereocenters. The van der Waals surface area contributed by atoms with Crippen molar-refractivity contribution in [2.45, 2.75) is 0 Å². The van der Waals surface area contributed by atoms with Crippen molar-refractivity contribution in [3.05, 3.63) is 66.2 Å². The van der Waals surface area contributed by atoms with Gasteiger partial charge in [-0.25, -0.2) is 0 Å². The fourth-order valence-corrected chi connectivity index (χ4v) is 1.91. The van der Waals surface area contributed by atoms with Crippen molar-refractivity contribution >= 4 is 28.9 Å². The molecular formula is C17H17ClN2O2. The van der Waals surface area contributed by atoms with Crippen molar-refractivity contribution in [3.8, 4) is 5.75 Å². The first-order chi connectivity index (χ1) is 10.7. The SMILES string of the molecule is C=CCOc1ccccc1NC(=O)CNc1ccc(Cl)cc1. The van der Waals surface area contributed by atoms with E-state index in [0.717, 1.165) is 5.69 Å². The van der Waals surface area contributed by atoms with Crippen molar-refractivity contribution in [3.63, 3.8) is 0 Å². The average Bonchev–Trinajstić information content (AvgIpc) is 2.53. The van der Waals surface area contributed by atoms with Gasteiger partial charge in [-0.15, -0.1) is 0 Å². The molecule has 0 aliphatic rings. The van der Waals surface area contributed by atoms with Crippen LogP contribution in [0.15, 0.2) is 61.2 Å². The zero-order chi connectivity index (χ0) is 15.8. The van der Waals surface area contributed by atoms with E-state index in [9.17, 15) is 4.79 Å². The molecule has 0 fully saturated rings. The zero-order valence-corrected chi connectivity index (χ0v) is 12.8. The Morgan fingerprint density at radius 2 is 1.91 bits per heavy atom. The maximum Gasteiger partial charge on any atom is 0.243 e. The van der Waals surface area contributed by atoms with Crippen LogP contribution in [0.2, 0.25) is 5.02 Å². The molecule has 0 heterocycles. The summed E-state index contributed by atoms with van der Waals surface area (Å²) < 4.78 is 5.50. The quantitative estimate of drug-likeness (QED) is 0.760. The Balaban J connectivity index is 1.91. The minimum Gasteiger partial charge on any atom is -0.487 e. The summed E-state index contributed by atoms with van der Waals surface area (Å²) in [6.45, 7) is 4.14. The summed E-state index contributed by atoms with van der Waals surface area (Å²) in [4.78, 5) is 12.0. The van der Waals surface area contributed by atoms with Gasteiger partial charge in [0, 0.05) is 10.7 Å². The second-order valence-corrected chi connectivity index (χ2v) is 4.94. The number of para-hydroxylation sites is 2. The van der Waals surface area contributed by atoms with Gasteiger partial charge in [-0.3, -0.25) is 4.79 Å². The second-order valence-electron chi connectivity index (χ2n) is 4.50. The molecule has 0 bridgehead atoms. The van der Waals surface area contributed by atoms with E-state index in [2.05, 4.69) is 17.2 Å². The summed E-state index contributed by atoms with van der Waals surface area (Å²) in [6.07, 6.45) is 1.65. The van der Waals surface area contributed by atoms with Crippen LogP contribution in [0, 0.1) is 0 Å². The predicted molar refractivity (Wildman–Crippen MR) is 90.7 cm³/mol. The Bertz CT molecular complexity index is 641. The van der Waals surface area contributed by atoms with E-state index in [4.69, 9.17) is 16.3 Å². The minimum absolute atomic E-state index is 0.150. The highest BCUT2D eigenvalue weighted by Gasteiger charge is 2.07. The second kappa shape index (κ2) is 8.10. The summed E-state index contributed by atoms with van der Waals surface area (Å²) in [5.74, 6) is 0.451. The Morgan fingerprint density at radius 3 is 2.64 bits per heavy atom. The third kappa shape index (κ3) is 4.82. The van der Waals surface area contributed by atoms with Gasteiger partial charge in [0.2, 0.25) is 5.91 Å². The number of ether oxygens (including phenoxy) is 1. The molecule has 22 heavy (non-hydrogen) atoms. The molecule has 4 nitrogen and oxygen atoms in total. The van der Waals surface area contributed by atoms with Crippen molar-refractivity contribution in [1.29, 1.82) is 0 Å². The van der Waals surface area contributed by atoms with Crippen LogP contribution in [0.3, 0.4) is 0 Å². The fraction of sp³-hybridized carbons (Fsp3) is 0.118. The van der Waals surface area contributed by atoms with Gasteiger partial charge < -0.3 is 15.4 Å². The topological polar surface area (TPSA) is 50.4 Å². The monoisotopic (exact) mass is 316 g/mol. The van der Waals surface area contributed by atoms with Crippen LogP contribution in [-0.4, -0.2) is 19.1 Å². The van der Waals surface area contributed by atoms with Crippen LogP contribution in [0.25, 0.3) is 0 Å². The first-order valence-corrected chi connectivity index (χ1v) is 7.19. The van der Waals surface area contributed by atoms with E-state index in [1.807, 2.05) is 24.3 Å². The molecule has 2 N–H and O–H groups in total. The summed E-state index contributed by atoms with van der Waals surface area (Å²) in [7, 11) is 0. The molecule has 0 spiro atoms. The lowest BCUT2D eigenvalue weighted by Gasteiger charge is -2.12. The van der Waals surface area contributed by atoms with Gasteiger partial charge in [-0.05, 0) is 36.4 Å². The zero-order valence-electron chi connectivity index (χ0n) is 12.0. The minimum atomic E-state index is -0.162. The van der Waals surface area contributed by atoms with Crippen LogP contribution in [-0.2, 0) is 4.79 Å². The van der Waals surface area contributed by atoms with Crippen molar-refractivity contribution in [2.24, 2.45) is 0 Å². The van der Waals surface area contributed by atoms with Crippen molar-refractivity contribution in [2.75, 3.05) is 23.8 Å². The van der Waals surface area contributed by atoms with E-state index >= 15 is 0 Å². The standard InChI is InChI=1S/C17H17ClN2O2/c1-2-11-22-16-6-4-3-5-15(16)20-17(21)12-19-14-9-7-13(18)8-10-14/h2-10,19H,1,11-12H2,(H,20,21). The molecule has 0 aromatic heterocycles. The smallest absolute Gasteiger partial charge is 0.243 e. The van der Waals surface area contributed by atoms with E-state index in [1.165, 1.54) is 0 Å². The number of amides is 1. The van der Waals surface area contributed by atoms with Crippen LogP contribution in [0.4, 0.5) is 11.4 Å². The fourth-order valence-electron chi connectivity index (χ4n) is 1.79. The van der Waals surface area contributed by atoms with Gasteiger partial charge in [0.05, 0.1) is 12.2 Å². The first-order valence-electron chi connectivity index (χ1n) is 6.81.